The third kappa shape index (κ3) is 2.93. The zero-order valence-electron chi connectivity index (χ0n) is 15.6. The Kier molecular flexibility index (Phi) is 4.65. The molecule has 1 aromatic carbocycles. The number of aromatic nitrogens is 2. The van der Waals surface area contributed by atoms with E-state index in [1.165, 1.54) is 5.69 Å². The van der Waals surface area contributed by atoms with E-state index in [-0.39, 0.29) is 12.1 Å². The lowest BCUT2D eigenvalue weighted by molar-refractivity contribution is 0.249. The Bertz CT molecular complexity index is 1020. The lowest BCUT2D eigenvalue weighted by Crippen LogP contribution is -2.36. The van der Waals surface area contributed by atoms with Crippen molar-refractivity contribution in [1.29, 1.82) is 0 Å². The highest BCUT2D eigenvalue weighted by molar-refractivity contribution is 8.14. The summed E-state index contributed by atoms with van der Waals surface area (Å²) in [6, 6.07) is 19.0. The van der Waals surface area contributed by atoms with Gasteiger partial charge in [-0.25, -0.2) is 0 Å². The number of pyridine rings is 1. The highest BCUT2D eigenvalue weighted by Gasteiger charge is 2.46. The maximum Gasteiger partial charge on any atom is 0.160 e. The summed E-state index contributed by atoms with van der Waals surface area (Å²) in [5.74, 6) is 1.10. The predicted octanol–water partition coefficient (Wildman–Crippen LogP) is 5.51. The van der Waals surface area contributed by atoms with Gasteiger partial charge in [0, 0.05) is 40.6 Å². The van der Waals surface area contributed by atoms with Gasteiger partial charge in [0.25, 0.3) is 0 Å². The van der Waals surface area contributed by atoms with Gasteiger partial charge in [-0.2, -0.15) is 0 Å². The van der Waals surface area contributed by atoms with Gasteiger partial charge in [-0.05, 0) is 48.9 Å². The molecule has 4 heterocycles. The van der Waals surface area contributed by atoms with Crippen LogP contribution in [-0.4, -0.2) is 31.4 Å². The van der Waals surface area contributed by atoms with E-state index in [1.54, 1.807) is 0 Å². The first-order valence-electron chi connectivity index (χ1n) is 9.59. The second-order valence-electron chi connectivity index (χ2n) is 7.12. The fraction of sp³-hybridized carbons (Fsp3) is 0.273. The van der Waals surface area contributed by atoms with Crippen LogP contribution in [0.5, 0.6) is 0 Å². The standard InChI is InChI=1S/C22H21ClN4S/c1-2-16-14-28-22-25-20(18-9-3-4-11-24-18)21(27(16)22)19-10-6-12-26(19)17-8-5-7-15(23)13-17/h3-13,16,20-21H,2,14H2,1H3/t16-,20-,21+/m0/s1. The van der Waals surface area contributed by atoms with Crippen molar-refractivity contribution in [2.75, 3.05) is 5.75 Å². The van der Waals surface area contributed by atoms with Gasteiger partial charge in [0.15, 0.2) is 5.17 Å². The summed E-state index contributed by atoms with van der Waals surface area (Å²) in [6.45, 7) is 2.26. The minimum Gasteiger partial charge on any atom is -0.337 e. The highest BCUT2D eigenvalue weighted by atomic mass is 35.5. The van der Waals surface area contributed by atoms with E-state index in [0.717, 1.165) is 33.7 Å². The number of fused-ring (bicyclic) bond motifs is 1. The quantitative estimate of drug-likeness (QED) is 0.571. The number of halogens is 1. The summed E-state index contributed by atoms with van der Waals surface area (Å²) < 4.78 is 2.24. The predicted molar refractivity (Wildman–Crippen MR) is 116 cm³/mol. The smallest absolute Gasteiger partial charge is 0.160 e. The molecule has 0 radical (unpaired) electrons. The molecule has 0 N–H and O–H groups in total. The molecule has 6 heteroatoms. The van der Waals surface area contributed by atoms with E-state index in [1.807, 2.05) is 48.3 Å². The molecule has 0 bridgehead atoms. The van der Waals surface area contributed by atoms with Crippen LogP contribution >= 0.6 is 23.4 Å². The van der Waals surface area contributed by atoms with Crippen molar-refractivity contribution in [2.45, 2.75) is 31.5 Å². The Morgan fingerprint density at radius 2 is 2.07 bits per heavy atom. The van der Waals surface area contributed by atoms with E-state index < -0.39 is 0 Å². The fourth-order valence-electron chi connectivity index (χ4n) is 4.17. The van der Waals surface area contributed by atoms with Crippen LogP contribution < -0.4 is 0 Å². The molecule has 2 aliphatic heterocycles. The minimum absolute atomic E-state index is 0.00844. The molecule has 1 fully saturated rings. The largest absolute Gasteiger partial charge is 0.337 e. The van der Waals surface area contributed by atoms with Crippen molar-refractivity contribution >= 4 is 28.5 Å². The van der Waals surface area contributed by atoms with Crippen molar-refractivity contribution in [2.24, 2.45) is 4.99 Å². The maximum atomic E-state index is 6.27. The Morgan fingerprint density at radius 3 is 2.86 bits per heavy atom. The van der Waals surface area contributed by atoms with Crippen LogP contribution in [0.15, 0.2) is 72.0 Å². The van der Waals surface area contributed by atoms with Gasteiger partial charge < -0.3 is 9.47 Å². The molecule has 0 spiro atoms. The molecule has 3 atom stereocenters. The lowest BCUT2D eigenvalue weighted by atomic mass is 9.99. The topological polar surface area (TPSA) is 33.4 Å². The molecule has 2 aromatic heterocycles. The number of benzene rings is 1. The first kappa shape index (κ1) is 17.8. The monoisotopic (exact) mass is 408 g/mol. The molecule has 0 saturated carbocycles. The summed E-state index contributed by atoms with van der Waals surface area (Å²) in [4.78, 5) is 12.3. The molecule has 28 heavy (non-hydrogen) atoms. The second-order valence-corrected chi connectivity index (χ2v) is 8.54. The molecule has 142 valence electrons. The average Bonchev–Trinajstić information content (AvgIpc) is 3.43. The van der Waals surface area contributed by atoms with Gasteiger partial charge in [-0.15, -0.1) is 0 Å². The van der Waals surface area contributed by atoms with Crippen molar-refractivity contribution in [3.63, 3.8) is 0 Å². The van der Waals surface area contributed by atoms with Crippen LogP contribution in [-0.2, 0) is 0 Å². The zero-order valence-corrected chi connectivity index (χ0v) is 17.1. The number of hydrogen-bond donors (Lipinski definition) is 0. The van der Waals surface area contributed by atoms with Crippen molar-refractivity contribution < 1.29 is 0 Å². The van der Waals surface area contributed by atoms with Crippen molar-refractivity contribution in [3.8, 4) is 5.69 Å². The van der Waals surface area contributed by atoms with Gasteiger partial charge in [-0.3, -0.25) is 9.98 Å². The second kappa shape index (κ2) is 7.30. The zero-order chi connectivity index (χ0) is 19.1. The Hall–Kier alpha value is -2.24. The molecule has 3 aromatic rings. The summed E-state index contributed by atoms with van der Waals surface area (Å²) >= 11 is 8.14. The van der Waals surface area contributed by atoms with E-state index in [2.05, 4.69) is 51.8 Å². The molecule has 0 aliphatic carbocycles. The van der Waals surface area contributed by atoms with Gasteiger partial charge in [0.2, 0.25) is 0 Å². The third-order valence-electron chi connectivity index (χ3n) is 5.50. The maximum absolute atomic E-state index is 6.27. The van der Waals surface area contributed by atoms with Gasteiger partial charge in [0.05, 0.1) is 5.69 Å². The van der Waals surface area contributed by atoms with Crippen molar-refractivity contribution in [3.05, 3.63) is 83.4 Å². The summed E-state index contributed by atoms with van der Waals surface area (Å²) in [5.41, 5.74) is 3.31. The number of nitrogens with zero attached hydrogens (tertiary/aromatic N) is 4. The number of hydrogen-bond acceptors (Lipinski definition) is 4. The summed E-state index contributed by atoms with van der Waals surface area (Å²) in [7, 11) is 0. The van der Waals surface area contributed by atoms with E-state index in [9.17, 15) is 0 Å². The average molecular weight is 409 g/mol. The summed E-state index contributed by atoms with van der Waals surface area (Å²) in [6.07, 6.45) is 5.07. The third-order valence-corrected chi connectivity index (χ3v) is 6.86. The molecule has 0 amide bonds. The molecule has 1 saturated heterocycles. The molecule has 5 rings (SSSR count). The molecule has 4 nitrogen and oxygen atoms in total. The first-order valence-corrected chi connectivity index (χ1v) is 11.0. The van der Waals surface area contributed by atoms with E-state index in [0.29, 0.717) is 6.04 Å². The molecular formula is C22H21ClN4S. The van der Waals surface area contributed by atoms with Gasteiger partial charge >= 0.3 is 0 Å². The SMILES string of the molecule is CC[C@H]1CSC2=N[C@@H](c3ccccn3)[C@@H](c3cccn3-c3cccc(Cl)c3)N21. The minimum atomic E-state index is -0.00844. The molecule has 0 unspecified atom stereocenters. The lowest BCUT2D eigenvalue weighted by Gasteiger charge is -2.32. The van der Waals surface area contributed by atoms with Crippen LogP contribution in [0.3, 0.4) is 0 Å². The highest BCUT2D eigenvalue weighted by Crippen LogP contribution is 2.48. The van der Waals surface area contributed by atoms with E-state index >= 15 is 0 Å². The number of rotatable bonds is 4. The van der Waals surface area contributed by atoms with Crippen LogP contribution in [0, 0.1) is 0 Å². The first-order chi connectivity index (χ1) is 13.8. The molecular weight excluding hydrogens is 388 g/mol. The number of thioether (sulfide) groups is 1. The van der Waals surface area contributed by atoms with Gasteiger partial charge in [-0.1, -0.05) is 42.4 Å². The van der Waals surface area contributed by atoms with Crippen LogP contribution in [0.4, 0.5) is 0 Å². The van der Waals surface area contributed by atoms with Crippen LogP contribution in [0.1, 0.15) is 36.8 Å². The van der Waals surface area contributed by atoms with Gasteiger partial charge in [0.1, 0.15) is 12.1 Å². The fourth-order valence-corrected chi connectivity index (χ4v) is 5.69. The van der Waals surface area contributed by atoms with Crippen molar-refractivity contribution in [1.82, 2.24) is 14.5 Å². The summed E-state index contributed by atoms with van der Waals surface area (Å²) in [5, 5.41) is 1.89. The molecule has 2 aliphatic rings. The number of amidine groups is 1. The normalized spacial score (nSPS) is 23.7. The van der Waals surface area contributed by atoms with Crippen LogP contribution in [0.25, 0.3) is 5.69 Å². The Balaban J connectivity index is 1.63. The number of aliphatic imine (C=N–C) groups is 1. The van der Waals surface area contributed by atoms with E-state index in [4.69, 9.17) is 16.6 Å². The Labute approximate surface area is 174 Å². The Morgan fingerprint density at radius 1 is 1.14 bits per heavy atom. The van der Waals surface area contributed by atoms with Crippen LogP contribution in [0.2, 0.25) is 5.02 Å².